The zero-order valence-electron chi connectivity index (χ0n) is 17.0. The van der Waals surface area contributed by atoms with Gasteiger partial charge in [0.25, 0.3) is 5.91 Å². The molecular formula is C21H28N2O4S. The predicted octanol–water partition coefficient (Wildman–Crippen LogP) is 3.61. The van der Waals surface area contributed by atoms with Crippen molar-refractivity contribution in [1.29, 1.82) is 0 Å². The van der Waals surface area contributed by atoms with Gasteiger partial charge in [0.1, 0.15) is 5.75 Å². The summed E-state index contributed by atoms with van der Waals surface area (Å²) >= 11 is 0. The van der Waals surface area contributed by atoms with Crippen LogP contribution in [0.5, 0.6) is 5.75 Å². The van der Waals surface area contributed by atoms with Crippen molar-refractivity contribution in [3.05, 3.63) is 53.6 Å². The van der Waals surface area contributed by atoms with Gasteiger partial charge in [0.05, 0.1) is 11.9 Å². The largest absolute Gasteiger partial charge is 0.481 e. The van der Waals surface area contributed by atoms with E-state index in [1.54, 1.807) is 31.2 Å². The molecule has 0 spiro atoms. The van der Waals surface area contributed by atoms with Gasteiger partial charge >= 0.3 is 0 Å². The number of para-hydroxylation sites is 1. The number of sulfonamides is 1. The first-order valence-electron chi connectivity index (χ1n) is 9.29. The molecule has 152 valence electrons. The molecule has 2 aromatic carbocycles. The van der Waals surface area contributed by atoms with E-state index < -0.39 is 16.1 Å². The number of nitrogens with one attached hydrogen (secondary N) is 1. The molecule has 0 aliphatic heterocycles. The molecule has 28 heavy (non-hydrogen) atoms. The number of carbonyl (C=O) groups excluding carboxylic acids is 1. The summed E-state index contributed by atoms with van der Waals surface area (Å²) in [7, 11) is -1.84. The Kier molecular flexibility index (Phi) is 7.07. The maximum absolute atomic E-state index is 12.6. The number of carbonyl (C=O) groups is 1. The number of anilines is 2. The first-order chi connectivity index (χ1) is 13.2. The van der Waals surface area contributed by atoms with Crippen LogP contribution in [-0.2, 0) is 27.7 Å². The fourth-order valence-electron chi connectivity index (χ4n) is 2.81. The molecule has 1 amide bonds. The Bertz CT molecular complexity index is 902. The van der Waals surface area contributed by atoms with Crippen molar-refractivity contribution >= 4 is 27.3 Å². The minimum absolute atomic E-state index is 0.229. The highest BCUT2D eigenvalue weighted by atomic mass is 32.2. The third kappa shape index (κ3) is 5.25. The first-order valence-corrected chi connectivity index (χ1v) is 11.1. The Labute approximate surface area is 167 Å². The maximum Gasteiger partial charge on any atom is 0.265 e. The number of hydrogen-bond donors (Lipinski definition) is 1. The van der Waals surface area contributed by atoms with E-state index in [1.807, 2.05) is 18.2 Å². The van der Waals surface area contributed by atoms with Crippen molar-refractivity contribution in [1.82, 2.24) is 0 Å². The lowest BCUT2D eigenvalue weighted by Crippen LogP contribution is -2.31. The predicted molar refractivity (Wildman–Crippen MR) is 114 cm³/mol. The third-order valence-corrected chi connectivity index (χ3v) is 5.83. The summed E-state index contributed by atoms with van der Waals surface area (Å²) in [5, 5.41) is 3.00. The Morgan fingerprint density at radius 2 is 1.61 bits per heavy atom. The average Bonchev–Trinajstić information content (AvgIpc) is 2.67. The Hall–Kier alpha value is -2.54. The number of amides is 1. The molecule has 0 aliphatic rings. The third-order valence-electron chi connectivity index (χ3n) is 4.63. The van der Waals surface area contributed by atoms with Crippen molar-refractivity contribution in [2.75, 3.05) is 22.9 Å². The molecule has 0 unspecified atom stereocenters. The quantitative estimate of drug-likeness (QED) is 0.729. The van der Waals surface area contributed by atoms with Crippen LogP contribution in [0, 0.1) is 0 Å². The molecule has 2 rings (SSSR count). The van der Waals surface area contributed by atoms with Gasteiger partial charge in [0, 0.05) is 12.7 Å². The summed E-state index contributed by atoms with van der Waals surface area (Å²) in [5.74, 6) is 0.265. The van der Waals surface area contributed by atoms with Crippen molar-refractivity contribution in [3.63, 3.8) is 0 Å². The lowest BCUT2D eigenvalue weighted by Gasteiger charge is -2.19. The van der Waals surface area contributed by atoms with Crippen LogP contribution in [0.15, 0.2) is 42.5 Å². The molecule has 7 heteroatoms. The van der Waals surface area contributed by atoms with Crippen molar-refractivity contribution in [2.24, 2.45) is 0 Å². The molecule has 0 saturated carbocycles. The number of nitrogens with zero attached hydrogens (tertiary/aromatic N) is 1. The van der Waals surface area contributed by atoms with E-state index in [4.69, 9.17) is 4.74 Å². The SMILES string of the molecule is CCc1cccc(CC)c1NC(=O)[C@H](C)Oc1ccc(N(C)S(C)(=O)=O)cc1. The molecule has 0 fully saturated rings. The van der Waals surface area contributed by atoms with Gasteiger partial charge in [0.2, 0.25) is 10.0 Å². The van der Waals surface area contributed by atoms with Crippen LogP contribution >= 0.6 is 0 Å². The van der Waals surface area contributed by atoms with Gasteiger partial charge in [-0.05, 0) is 55.2 Å². The smallest absolute Gasteiger partial charge is 0.265 e. The normalized spacial score (nSPS) is 12.3. The Morgan fingerprint density at radius 3 is 2.07 bits per heavy atom. The Morgan fingerprint density at radius 1 is 1.07 bits per heavy atom. The maximum atomic E-state index is 12.6. The molecule has 0 aliphatic carbocycles. The molecular weight excluding hydrogens is 376 g/mol. The standard InChI is InChI=1S/C21H28N2O4S/c1-6-16-9-8-10-17(7-2)20(16)22-21(24)15(3)27-19-13-11-18(12-14-19)23(4)28(5,25)26/h8-15H,6-7H2,1-5H3,(H,22,24)/t15-/m0/s1. The molecule has 1 N–H and O–H groups in total. The number of hydrogen-bond acceptors (Lipinski definition) is 4. The fourth-order valence-corrected chi connectivity index (χ4v) is 3.32. The lowest BCUT2D eigenvalue weighted by molar-refractivity contribution is -0.122. The van der Waals surface area contributed by atoms with Crippen molar-refractivity contribution < 1.29 is 17.9 Å². The zero-order valence-corrected chi connectivity index (χ0v) is 17.8. The fraction of sp³-hybridized carbons (Fsp3) is 0.381. The van der Waals surface area contributed by atoms with Gasteiger partial charge in [0.15, 0.2) is 6.10 Å². The summed E-state index contributed by atoms with van der Waals surface area (Å²) < 4.78 is 30.1. The van der Waals surface area contributed by atoms with E-state index in [0.717, 1.165) is 35.9 Å². The van der Waals surface area contributed by atoms with E-state index in [1.165, 1.54) is 11.4 Å². The van der Waals surface area contributed by atoms with Gasteiger partial charge < -0.3 is 10.1 Å². The van der Waals surface area contributed by atoms with E-state index >= 15 is 0 Å². The highest BCUT2D eigenvalue weighted by molar-refractivity contribution is 7.92. The topological polar surface area (TPSA) is 75.7 Å². The summed E-state index contributed by atoms with van der Waals surface area (Å²) in [5.41, 5.74) is 3.57. The first kappa shape index (κ1) is 21.8. The molecule has 1 atom stereocenters. The number of ether oxygens (including phenoxy) is 1. The highest BCUT2D eigenvalue weighted by Crippen LogP contribution is 2.24. The van der Waals surface area contributed by atoms with Gasteiger partial charge in [-0.3, -0.25) is 9.10 Å². The second-order valence-corrected chi connectivity index (χ2v) is 8.65. The molecule has 0 radical (unpaired) electrons. The van der Waals surface area contributed by atoms with Crippen LogP contribution in [-0.4, -0.2) is 33.7 Å². The van der Waals surface area contributed by atoms with E-state index in [-0.39, 0.29) is 5.91 Å². The van der Waals surface area contributed by atoms with Gasteiger partial charge in [-0.15, -0.1) is 0 Å². The van der Waals surface area contributed by atoms with Crippen LogP contribution in [0.3, 0.4) is 0 Å². The summed E-state index contributed by atoms with van der Waals surface area (Å²) in [6.45, 7) is 5.80. The minimum atomic E-state index is -3.32. The van der Waals surface area contributed by atoms with Crippen LogP contribution in [0.4, 0.5) is 11.4 Å². The van der Waals surface area contributed by atoms with Crippen LogP contribution in [0.1, 0.15) is 31.9 Å². The van der Waals surface area contributed by atoms with Crippen molar-refractivity contribution in [3.8, 4) is 5.75 Å². The zero-order chi connectivity index (χ0) is 20.9. The lowest BCUT2D eigenvalue weighted by atomic mass is 10.0. The van der Waals surface area contributed by atoms with Crippen LogP contribution in [0.2, 0.25) is 0 Å². The molecule has 0 aromatic heterocycles. The van der Waals surface area contributed by atoms with E-state index in [9.17, 15) is 13.2 Å². The summed E-state index contributed by atoms with van der Waals surface area (Å²) in [4.78, 5) is 12.6. The van der Waals surface area contributed by atoms with Gasteiger partial charge in [-0.25, -0.2) is 8.42 Å². The van der Waals surface area contributed by atoms with Crippen molar-refractivity contribution in [2.45, 2.75) is 39.7 Å². The number of aryl methyl sites for hydroxylation is 2. The summed E-state index contributed by atoms with van der Waals surface area (Å²) in [6.07, 6.45) is 2.10. The monoisotopic (exact) mass is 404 g/mol. The minimum Gasteiger partial charge on any atom is -0.481 e. The van der Waals surface area contributed by atoms with Gasteiger partial charge in [-0.2, -0.15) is 0 Å². The second kappa shape index (κ2) is 9.10. The molecule has 6 nitrogen and oxygen atoms in total. The Balaban J connectivity index is 2.09. The average molecular weight is 405 g/mol. The van der Waals surface area contributed by atoms with Crippen LogP contribution < -0.4 is 14.4 Å². The molecule has 0 heterocycles. The molecule has 2 aromatic rings. The highest BCUT2D eigenvalue weighted by Gasteiger charge is 2.18. The van der Waals surface area contributed by atoms with Gasteiger partial charge in [-0.1, -0.05) is 32.0 Å². The summed E-state index contributed by atoms with van der Waals surface area (Å²) in [6, 6.07) is 12.6. The van der Waals surface area contributed by atoms with E-state index in [2.05, 4.69) is 19.2 Å². The molecule has 0 bridgehead atoms. The van der Waals surface area contributed by atoms with Crippen LogP contribution in [0.25, 0.3) is 0 Å². The number of benzene rings is 2. The molecule has 0 saturated heterocycles. The number of rotatable bonds is 8. The second-order valence-electron chi connectivity index (χ2n) is 6.63. The van der Waals surface area contributed by atoms with E-state index in [0.29, 0.717) is 11.4 Å².